The molecule has 1 fully saturated rings. The number of halogens is 3. The normalized spacial score (nSPS) is 20.4. The van der Waals surface area contributed by atoms with E-state index < -0.39 is 35.6 Å². The van der Waals surface area contributed by atoms with Crippen LogP contribution in [0.3, 0.4) is 0 Å². The largest absolute Gasteiger partial charge is 0.481 e. The smallest absolute Gasteiger partial charge is 0.416 e. The molecule has 1 aromatic carbocycles. The van der Waals surface area contributed by atoms with Gasteiger partial charge in [-0.15, -0.1) is 5.10 Å². The first-order valence-electron chi connectivity index (χ1n) is 8.89. The van der Waals surface area contributed by atoms with Crippen molar-refractivity contribution < 1.29 is 27.9 Å². The molecule has 1 heterocycles. The molecule has 150 valence electrons. The summed E-state index contributed by atoms with van der Waals surface area (Å²) in [6.07, 6.45) is 0.254. The third-order valence-electron chi connectivity index (χ3n) is 4.81. The molecule has 1 aliphatic rings. The van der Waals surface area contributed by atoms with E-state index in [1.54, 1.807) is 0 Å². The number of hydrogen-bond donors (Lipinski definition) is 2. The molecule has 10 heteroatoms. The molecule has 28 heavy (non-hydrogen) atoms. The molecule has 7 nitrogen and oxygen atoms in total. The Morgan fingerprint density at radius 2 is 1.93 bits per heavy atom. The summed E-state index contributed by atoms with van der Waals surface area (Å²) in [5.41, 5.74) is -0.820. The van der Waals surface area contributed by atoms with Gasteiger partial charge in [0, 0.05) is 6.04 Å². The SMILES string of the molecule is O=C(N[C@H]1CCCCC[C@H]1C(=O)O)c1cn(-c2cccc(C(F)(F)F)c2)nn1. The maximum atomic E-state index is 12.9. The minimum absolute atomic E-state index is 0.0919. The molecule has 1 saturated carbocycles. The highest BCUT2D eigenvalue weighted by atomic mass is 19.4. The van der Waals surface area contributed by atoms with Crippen molar-refractivity contribution in [2.75, 3.05) is 0 Å². The zero-order valence-electron chi connectivity index (χ0n) is 14.8. The third kappa shape index (κ3) is 4.49. The fourth-order valence-corrected chi connectivity index (χ4v) is 3.34. The maximum Gasteiger partial charge on any atom is 0.416 e. The first kappa shape index (κ1) is 19.8. The Morgan fingerprint density at radius 3 is 2.64 bits per heavy atom. The molecule has 1 aliphatic carbocycles. The number of carboxylic acids is 1. The number of amides is 1. The number of benzene rings is 1. The summed E-state index contributed by atoms with van der Waals surface area (Å²) in [5.74, 6) is -2.24. The predicted molar refractivity (Wildman–Crippen MR) is 91.8 cm³/mol. The number of nitrogens with zero attached hydrogens (tertiary/aromatic N) is 3. The second-order valence-corrected chi connectivity index (χ2v) is 6.76. The van der Waals surface area contributed by atoms with E-state index in [4.69, 9.17) is 0 Å². The highest BCUT2D eigenvalue weighted by molar-refractivity contribution is 5.92. The summed E-state index contributed by atoms with van der Waals surface area (Å²) in [4.78, 5) is 23.9. The molecule has 0 saturated heterocycles. The van der Waals surface area contributed by atoms with Crippen molar-refractivity contribution in [2.45, 2.75) is 44.3 Å². The van der Waals surface area contributed by atoms with E-state index in [0.717, 1.165) is 36.1 Å². The number of nitrogens with one attached hydrogen (secondary N) is 1. The summed E-state index contributed by atoms with van der Waals surface area (Å²) in [7, 11) is 0. The topological polar surface area (TPSA) is 97.1 Å². The summed E-state index contributed by atoms with van der Waals surface area (Å²) < 4.78 is 39.6. The molecule has 0 aliphatic heterocycles. The van der Waals surface area contributed by atoms with Gasteiger partial charge in [-0.05, 0) is 31.0 Å². The van der Waals surface area contributed by atoms with Gasteiger partial charge in [-0.2, -0.15) is 13.2 Å². The summed E-state index contributed by atoms with van der Waals surface area (Å²) in [6, 6.07) is 3.97. The van der Waals surface area contributed by atoms with E-state index in [1.807, 2.05) is 0 Å². The third-order valence-corrected chi connectivity index (χ3v) is 4.81. The summed E-state index contributed by atoms with van der Waals surface area (Å²) >= 11 is 0. The molecule has 2 aromatic rings. The standard InChI is InChI=1S/C18H19F3N4O3/c19-18(20,21)11-5-4-6-12(9-11)25-10-15(23-24-25)16(26)22-14-8-3-1-2-7-13(14)17(27)28/h4-6,9-10,13-14H,1-3,7-8H2,(H,22,26)(H,27,28)/t13-,14+/m1/s1. The molecule has 0 radical (unpaired) electrons. The van der Waals surface area contributed by atoms with E-state index in [9.17, 15) is 27.9 Å². The Kier molecular flexibility index (Phi) is 5.66. The van der Waals surface area contributed by atoms with Crippen LogP contribution in [0.15, 0.2) is 30.5 Å². The van der Waals surface area contributed by atoms with Gasteiger partial charge < -0.3 is 10.4 Å². The van der Waals surface area contributed by atoms with Crippen molar-refractivity contribution >= 4 is 11.9 Å². The lowest BCUT2D eigenvalue weighted by Gasteiger charge is -2.22. The second kappa shape index (κ2) is 7.99. The lowest BCUT2D eigenvalue weighted by atomic mass is 9.95. The second-order valence-electron chi connectivity index (χ2n) is 6.76. The number of aliphatic carboxylic acids is 1. The molecule has 3 rings (SSSR count). The molecular weight excluding hydrogens is 377 g/mol. The highest BCUT2D eigenvalue weighted by Crippen LogP contribution is 2.30. The molecular formula is C18H19F3N4O3. The van der Waals surface area contributed by atoms with Crippen LogP contribution < -0.4 is 5.32 Å². The van der Waals surface area contributed by atoms with Gasteiger partial charge in [0.1, 0.15) is 0 Å². The predicted octanol–water partition coefficient (Wildman–Crippen LogP) is 3.05. The lowest BCUT2D eigenvalue weighted by Crippen LogP contribution is -2.43. The van der Waals surface area contributed by atoms with Gasteiger partial charge in [-0.1, -0.05) is 30.5 Å². The zero-order valence-corrected chi connectivity index (χ0v) is 14.8. The van der Waals surface area contributed by atoms with Gasteiger partial charge in [-0.25, -0.2) is 4.68 Å². The van der Waals surface area contributed by atoms with Crippen LogP contribution >= 0.6 is 0 Å². The molecule has 1 aromatic heterocycles. The van der Waals surface area contributed by atoms with Crippen LogP contribution in [0.5, 0.6) is 0 Å². The van der Waals surface area contributed by atoms with Crippen molar-refractivity contribution in [3.05, 3.63) is 41.7 Å². The highest BCUT2D eigenvalue weighted by Gasteiger charge is 2.32. The van der Waals surface area contributed by atoms with Gasteiger partial charge in [0.2, 0.25) is 0 Å². The first-order valence-corrected chi connectivity index (χ1v) is 8.89. The Hall–Kier alpha value is -2.91. The monoisotopic (exact) mass is 396 g/mol. The number of carbonyl (C=O) groups is 2. The van der Waals surface area contributed by atoms with E-state index in [-0.39, 0.29) is 11.4 Å². The van der Waals surface area contributed by atoms with Crippen LogP contribution in [0.4, 0.5) is 13.2 Å². The number of alkyl halides is 3. The average molecular weight is 396 g/mol. The summed E-state index contributed by atoms with van der Waals surface area (Å²) in [5, 5.41) is 19.5. The minimum atomic E-state index is -4.50. The average Bonchev–Trinajstić information content (AvgIpc) is 3.02. The fourth-order valence-electron chi connectivity index (χ4n) is 3.34. The number of carboxylic acid groups (broad SMARTS) is 1. The van der Waals surface area contributed by atoms with E-state index in [2.05, 4.69) is 15.6 Å². The zero-order chi connectivity index (χ0) is 20.3. The van der Waals surface area contributed by atoms with Gasteiger partial charge in [0.15, 0.2) is 5.69 Å². The number of carbonyl (C=O) groups excluding carboxylic acids is 1. The van der Waals surface area contributed by atoms with Crippen LogP contribution in [0, 0.1) is 5.92 Å². The molecule has 0 bridgehead atoms. The van der Waals surface area contributed by atoms with E-state index in [1.165, 1.54) is 18.3 Å². The van der Waals surface area contributed by atoms with Crippen molar-refractivity contribution in [3.8, 4) is 5.69 Å². The summed E-state index contributed by atoms with van der Waals surface area (Å²) in [6.45, 7) is 0. The molecule has 2 atom stereocenters. The van der Waals surface area contributed by atoms with E-state index in [0.29, 0.717) is 12.8 Å². The van der Waals surface area contributed by atoms with Gasteiger partial charge in [-0.3, -0.25) is 9.59 Å². The molecule has 0 spiro atoms. The Balaban J connectivity index is 1.76. The van der Waals surface area contributed by atoms with Gasteiger partial charge in [0.05, 0.1) is 23.4 Å². The molecule has 1 amide bonds. The Morgan fingerprint density at radius 1 is 1.18 bits per heavy atom. The molecule has 0 unspecified atom stereocenters. The minimum Gasteiger partial charge on any atom is -0.481 e. The fraction of sp³-hybridized carbons (Fsp3) is 0.444. The van der Waals surface area contributed by atoms with Crippen molar-refractivity contribution in [1.82, 2.24) is 20.3 Å². The van der Waals surface area contributed by atoms with Crippen LogP contribution in [0.1, 0.15) is 48.2 Å². The lowest BCUT2D eigenvalue weighted by molar-refractivity contribution is -0.143. The Labute approximate surface area is 158 Å². The Bertz CT molecular complexity index is 866. The van der Waals surface area contributed by atoms with Gasteiger partial charge >= 0.3 is 12.1 Å². The molecule has 2 N–H and O–H groups in total. The quantitative estimate of drug-likeness (QED) is 0.775. The van der Waals surface area contributed by atoms with Crippen LogP contribution in [-0.2, 0) is 11.0 Å². The first-order chi connectivity index (χ1) is 13.3. The van der Waals surface area contributed by atoms with Gasteiger partial charge in [0.25, 0.3) is 5.91 Å². The number of rotatable bonds is 4. The van der Waals surface area contributed by atoms with E-state index >= 15 is 0 Å². The van der Waals surface area contributed by atoms with Crippen molar-refractivity contribution in [1.29, 1.82) is 0 Å². The van der Waals surface area contributed by atoms with Crippen molar-refractivity contribution in [2.24, 2.45) is 5.92 Å². The number of aromatic nitrogens is 3. The van der Waals surface area contributed by atoms with Crippen molar-refractivity contribution in [3.63, 3.8) is 0 Å². The van der Waals surface area contributed by atoms with Crippen LogP contribution in [-0.4, -0.2) is 38.0 Å². The van der Waals surface area contributed by atoms with Crippen LogP contribution in [0.25, 0.3) is 5.69 Å². The number of hydrogen-bond acceptors (Lipinski definition) is 4. The van der Waals surface area contributed by atoms with Crippen LogP contribution in [0.2, 0.25) is 0 Å². The maximum absolute atomic E-state index is 12.9.